The third-order valence-electron chi connectivity index (χ3n) is 2.94. The van der Waals surface area contributed by atoms with Crippen LogP contribution in [0.3, 0.4) is 0 Å². The molecule has 0 radical (unpaired) electrons. The van der Waals surface area contributed by atoms with Gasteiger partial charge in [0.25, 0.3) is 0 Å². The minimum atomic E-state index is 0.241. The van der Waals surface area contributed by atoms with Gasteiger partial charge in [-0.1, -0.05) is 0 Å². The predicted molar refractivity (Wildman–Crippen MR) is 62.5 cm³/mol. The van der Waals surface area contributed by atoms with Gasteiger partial charge in [-0.15, -0.1) is 0 Å². The second kappa shape index (κ2) is 4.78. The number of rotatable bonds is 3. The van der Waals surface area contributed by atoms with E-state index in [0.717, 1.165) is 25.1 Å². The molecule has 16 heavy (non-hydrogen) atoms. The van der Waals surface area contributed by atoms with Gasteiger partial charge in [-0.05, 0) is 32.8 Å². The van der Waals surface area contributed by atoms with Gasteiger partial charge in [-0.3, -0.25) is 4.90 Å². The maximum absolute atomic E-state index is 5.75. The van der Waals surface area contributed by atoms with Gasteiger partial charge in [-0.25, -0.2) is 9.97 Å². The molecule has 1 aliphatic heterocycles. The van der Waals surface area contributed by atoms with Gasteiger partial charge in [0.1, 0.15) is 6.10 Å². The first-order valence-corrected chi connectivity index (χ1v) is 5.84. The normalized spacial score (nSPS) is 21.6. The lowest BCUT2D eigenvalue weighted by Gasteiger charge is -2.19. The Morgan fingerprint density at radius 2 is 2.06 bits per heavy atom. The summed E-state index contributed by atoms with van der Waals surface area (Å²) in [7, 11) is 0. The number of aryl methyl sites for hydroxylation is 1. The summed E-state index contributed by atoms with van der Waals surface area (Å²) in [5, 5.41) is 0. The van der Waals surface area contributed by atoms with E-state index in [0.29, 0.717) is 12.1 Å². The topological polar surface area (TPSA) is 38.2 Å². The summed E-state index contributed by atoms with van der Waals surface area (Å²) >= 11 is 0. The quantitative estimate of drug-likeness (QED) is 0.778. The van der Waals surface area contributed by atoms with Crippen molar-refractivity contribution in [2.24, 2.45) is 0 Å². The molecule has 1 aliphatic rings. The van der Waals surface area contributed by atoms with Gasteiger partial charge in [-0.2, -0.15) is 0 Å². The summed E-state index contributed by atoms with van der Waals surface area (Å²) in [5.74, 6) is 0. The molecular formula is C12H19N3O. The molecule has 0 aromatic carbocycles. The van der Waals surface area contributed by atoms with E-state index in [2.05, 4.69) is 28.7 Å². The third kappa shape index (κ3) is 2.70. The minimum absolute atomic E-state index is 0.241. The Hall–Kier alpha value is -1.16. The molecule has 1 fully saturated rings. The van der Waals surface area contributed by atoms with Crippen molar-refractivity contribution in [1.29, 1.82) is 0 Å². The van der Waals surface area contributed by atoms with Crippen molar-refractivity contribution < 1.29 is 4.74 Å². The molecule has 0 amide bonds. The Balaban J connectivity index is 1.89. The molecule has 0 spiro atoms. The Kier molecular flexibility index (Phi) is 3.39. The van der Waals surface area contributed by atoms with Crippen LogP contribution in [0, 0.1) is 6.92 Å². The highest BCUT2D eigenvalue weighted by Gasteiger charge is 2.25. The van der Waals surface area contributed by atoms with Crippen LogP contribution in [-0.2, 0) is 0 Å². The van der Waals surface area contributed by atoms with Gasteiger partial charge in [0.05, 0.1) is 0 Å². The van der Waals surface area contributed by atoms with Crippen molar-refractivity contribution in [3.8, 4) is 6.01 Å². The van der Waals surface area contributed by atoms with Crippen LogP contribution in [-0.4, -0.2) is 40.1 Å². The van der Waals surface area contributed by atoms with Gasteiger partial charge in [0.15, 0.2) is 0 Å². The van der Waals surface area contributed by atoms with E-state index >= 15 is 0 Å². The molecule has 0 aliphatic carbocycles. The minimum Gasteiger partial charge on any atom is -0.459 e. The number of hydrogen-bond donors (Lipinski definition) is 0. The average Bonchev–Trinajstić information content (AvgIpc) is 2.70. The number of ether oxygens (including phenoxy) is 1. The van der Waals surface area contributed by atoms with Gasteiger partial charge in [0.2, 0.25) is 0 Å². The van der Waals surface area contributed by atoms with Crippen LogP contribution >= 0.6 is 0 Å². The fourth-order valence-electron chi connectivity index (χ4n) is 1.91. The summed E-state index contributed by atoms with van der Waals surface area (Å²) in [6, 6.07) is 1.09. The Labute approximate surface area is 96.7 Å². The molecular weight excluding hydrogens is 202 g/mol. The maximum atomic E-state index is 5.75. The number of nitrogens with zero attached hydrogens (tertiary/aromatic N) is 3. The monoisotopic (exact) mass is 221 g/mol. The van der Waals surface area contributed by atoms with Gasteiger partial charge >= 0.3 is 6.01 Å². The third-order valence-corrected chi connectivity index (χ3v) is 2.94. The number of hydrogen-bond acceptors (Lipinski definition) is 4. The second-order valence-corrected chi connectivity index (χ2v) is 4.66. The Bertz CT molecular complexity index is 337. The van der Waals surface area contributed by atoms with E-state index in [1.165, 1.54) is 0 Å². The molecule has 1 saturated heterocycles. The number of aromatic nitrogens is 2. The molecule has 1 aromatic heterocycles. The zero-order valence-electron chi connectivity index (χ0n) is 10.2. The Morgan fingerprint density at radius 1 is 1.38 bits per heavy atom. The standard InChI is InChI=1S/C12H19N3O/c1-9(2)15-5-4-11(8-15)16-12-13-6-10(3)7-14-12/h6-7,9,11H,4-5,8H2,1-3H3. The van der Waals surface area contributed by atoms with E-state index in [1.807, 2.05) is 6.92 Å². The summed E-state index contributed by atoms with van der Waals surface area (Å²) in [5.41, 5.74) is 1.06. The lowest BCUT2D eigenvalue weighted by Crippen LogP contribution is -2.30. The molecule has 2 rings (SSSR count). The summed E-state index contributed by atoms with van der Waals surface area (Å²) < 4.78 is 5.75. The molecule has 4 heteroatoms. The molecule has 1 unspecified atom stereocenters. The molecule has 0 saturated carbocycles. The van der Waals surface area contributed by atoms with Gasteiger partial charge < -0.3 is 4.74 Å². The molecule has 1 atom stereocenters. The largest absolute Gasteiger partial charge is 0.459 e. The molecule has 0 bridgehead atoms. The average molecular weight is 221 g/mol. The summed E-state index contributed by atoms with van der Waals surface area (Å²) in [4.78, 5) is 10.7. The highest BCUT2D eigenvalue weighted by Crippen LogP contribution is 2.16. The van der Waals surface area contributed by atoms with Crippen LogP contribution in [0.1, 0.15) is 25.8 Å². The molecule has 88 valence electrons. The van der Waals surface area contributed by atoms with Crippen LogP contribution in [0.4, 0.5) is 0 Å². The highest BCUT2D eigenvalue weighted by molar-refractivity contribution is 5.05. The zero-order valence-corrected chi connectivity index (χ0v) is 10.2. The van der Waals surface area contributed by atoms with E-state index in [1.54, 1.807) is 12.4 Å². The van der Waals surface area contributed by atoms with Crippen LogP contribution in [0.5, 0.6) is 6.01 Å². The van der Waals surface area contributed by atoms with Crippen molar-refractivity contribution in [2.45, 2.75) is 39.3 Å². The molecule has 2 heterocycles. The van der Waals surface area contributed by atoms with Crippen molar-refractivity contribution in [3.05, 3.63) is 18.0 Å². The lowest BCUT2D eigenvalue weighted by atomic mass is 10.3. The zero-order chi connectivity index (χ0) is 11.5. The lowest BCUT2D eigenvalue weighted by molar-refractivity contribution is 0.174. The maximum Gasteiger partial charge on any atom is 0.316 e. The van der Waals surface area contributed by atoms with Crippen molar-refractivity contribution in [3.63, 3.8) is 0 Å². The van der Waals surface area contributed by atoms with E-state index in [-0.39, 0.29) is 6.10 Å². The first kappa shape index (κ1) is 11.3. The Morgan fingerprint density at radius 3 is 2.62 bits per heavy atom. The fraction of sp³-hybridized carbons (Fsp3) is 0.667. The molecule has 1 aromatic rings. The molecule has 4 nitrogen and oxygen atoms in total. The van der Waals surface area contributed by atoms with E-state index in [4.69, 9.17) is 4.74 Å². The van der Waals surface area contributed by atoms with Crippen LogP contribution in [0.2, 0.25) is 0 Å². The number of likely N-dealkylation sites (tertiary alicyclic amines) is 1. The summed E-state index contributed by atoms with van der Waals surface area (Å²) in [6.45, 7) is 8.48. The van der Waals surface area contributed by atoms with Gasteiger partial charge in [0, 0.05) is 31.5 Å². The summed E-state index contributed by atoms with van der Waals surface area (Å²) in [6.07, 6.45) is 4.88. The first-order valence-electron chi connectivity index (χ1n) is 5.84. The molecule has 0 N–H and O–H groups in total. The van der Waals surface area contributed by atoms with Crippen LogP contribution < -0.4 is 4.74 Å². The SMILES string of the molecule is Cc1cnc(OC2CCN(C(C)C)C2)nc1. The van der Waals surface area contributed by atoms with E-state index in [9.17, 15) is 0 Å². The van der Waals surface area contributed by atoms with Crippen molar-refractivity contribution >= 4 is 0 Å². The second-order valence-electron chi connectivity index (χ2n) is 4.66. The van der Waals surface area contributed by atoms with Crippen molar-refractivity contribution in [2.75, 3.05) is 13.1 Å². The van der Waals surface area contributed by atoms with Crippen LogP contribution in [0.25, 0.3) is 0 Å². The fourth-order valence-corrected chi connectivity index (χ4v) is 1.91. The highest BCUT2D eigenvalue weighted by atomic mass is 16.5. The predicted octanol–water partition coefficient (Wildman–Crippen LogP) is 1.65. The first-order chi connectivity index (χ1) is 7.65. The van der Waals surface area contributed by atoms with Crippen LogP contribution in [0.15, 0.2) is 12.4 Å². The van der Waals surface area contributed by atoms with Crippen molar-refractivity contribution in [1.82, 2.24) is 14.9 Å². The smallest absolute Gasteiger partial charge is 0.316 e. The van der Waals surface area contributed by atoms with E-state index < -0.39 is 0 Å².